The standard InChI is InChI=1S/C14H11Br2F2N/c1-7-4-8(6-9(15)5-7)14(19)12-11(17)3-2-10(16)13(12)18/h2-6,14H,19H2,1H3. The van der Waals surface area contributed by atoms with Gasteiger partial charge in [-0.3, -0.25) is 0 Å². The molecule has 0 saturated carbocycles. The Balaban J connectivity index is 2.55. The van der Waals surface area contributed by atoms with E-state index in [4.69, 9.17) is 5.73 Å². The Labute approximate surface area is 127 Å². The number of aryl methyl sites for hydroxylation is 1. The summed E-state index contributed by atoms with van der Waals surface area (Å²) in [6.45, 7) is 1.90. The summed E-state index contributed by atoms with van der Waals surface area (Å²) in [5.74, 6) is -1.31. The van der Waals surface area contributed by atoms with E-state index in [9.17, 15) is 8.78 Å². The van der Waals surface area contributed by atoms with Crippen molar-refractivity contribution in [1.82, 2.24) is 0 Å². The maximum Gasteiger partial charge on any atom is 0.145 e. The molecule has 2 rings (SSSR count). The van der Waals surface area contributed by atoms with Crippen LogP contribution in [0.5, 0.6) is 0 Å². The third kappa shape index (κ3) is 3.04. The molecule has 0 bridgehead atoms. The highest BCUT2D eigenvalue weighted by Crippen LogP contribution is 2.30. The van der Waals surface area contributed by atoms with Crippen LogP contribution in [0, 0.1) is 18.6 Å². The number of halogens is 4. The Morgan fingerprint density at radius 1 is 1.11 bits per heavy atom. The summed E-state index contributed by atoms with van der Waals surface area (Å²) >= 11 is 6.40. The molecule has 0 amide bonds. The van der Waals surface area contributed by atoms with E-state index >= 15 is 0 Å². The summed E-state index contributed by atoms with van der Waals surface area (Å²) in [6.07, 6.45) is 0. The molecule has 5 heteroatoms. The predicted octanol–water partition coefficient (Wildman–Crippen LogP) is 4.85. The molecular weight excluding hydrogens is 380 g/mol. The van der Waals surface area contributed by atoms with Gasteiger partial charge in [0, 0.05) is 10.0 Å². The smallest absolute Gasteiger partial charge is 0.145 e. The summed E-state index contributed by atoms with van der Waals surface area (Å²) in [7, 11) is 0. The van der Waals surface area contributed by atoms with Crippen molar-refractivity contribution in [2.45, 2.75) is 13.0 Å². The zero-order valence-electron chi connectivity index (χ0n) is 10.1. The number of benzene rings is 2. The average molecular weight is 391 g/mol. The Morgan fingerprint density at radius 2 is 1.79 bits per heavy atom. The molecule has 0 radical (unpaired) electrons. The van der Waals surface area contributed by atoms with Gasteiger partial charge in [-0.25, -0.2) is 8.78 Å². The quantitative estimate of drug-likeness (QED) is 0.729. The molecule has 0 aliphatic heterocycles. The molecule has 2 aromatic carbocycles. The summed E-state index contributed by atoms with van der Waals surface area (Å²) < 4.78 is 28.9. The minimum atomic E-state index is -0.853. The van der Waals surface area contributed by atoms with Crippen molar-refractivity contribution in [1.29, 1.82) is 0 Å². The molecule has 100 valence electrons. The number of hydrogen-bond acceptors (Lipinski definition) is 1. The number of nitrogens with two attached hydrogens (primary N) is 1. The second-order valence-corrected chi connectivity index (χ2v) is 6.07. The minimum Gasteiger partial charge on any atom is -0.320 e. The fourth-order valence-electron chi connectivity index (χ4n) is 1.94. The Hall–Kier alpha value is -0.780. The largest absolute Gasteiger partial charge is 0.320 e. The minimum absolute atomic E-state index is 0.133. The number of rotatable bonds is 2. The number of hydrogen-bond donors (Lipinski definition) is 1. The van der Waals surface area contributed by atoms with Crippen molar-refractivity contribution in [3.63, 3.8) is 0 Å². The van der Waals surface area contributed by atoms with Gasteiger partial charge in [-0.2, -0.15) is 0 Å². The molecule has 1 nitrogen and oxygen atoms in total. The normalized spacial score (nSPS) is 12.5. The van der Waals surface area contributed by atoms with Crippen LogP contribution in [0.2, 0.25) is 0 Å². The fraction of sp³-hybridized carbons (Fsp3) is 0.143. The SMILES string of the molecule is Cc1cc(Br)cc(C(N)c2c(F)ccc(Br)c2F)c1. The van der Waals surface area contributed by atoms with Gasteiger partial charge in [-0.05, 0) is 58.2 Å². The van der Waals surface area contributed by atoms with Crippen LogP contribution in [0.15, 0.2) is 39.3 Å². The zero-order chi connectivity index (χ0) is 14.2. The lowest BCUT2D eigenvalue weighted by molar-refractivity contribution is 0.539. The highest BCUT2D eigenvalue weighted by Gasteiger charge is 2.20. The molecule has 0 aromatic heterocycles. The van der Waals surface area contributed by atoms with Crippen molar-refractivity contribution in [3.8, 4) is 0 Å². The molecule has 1 atom stereocenters. The van der Waals surface area contributed by atoms with E-state index in [0.29, 0.717) is 5.56 Å². The summed E-state index contributed by atoms with van der Waals surface area (Å²) in [5, 5.41) is 0. The molecule has 0 heterocycles. The Morgan fingerprint density at radius 3 is 2.42 bits per heavy atom. The predicted molar refractivity (Wildman–Crippen MR) is 79.0 cm³/mol. The van der Waals surface area contributed by atoms with Gasteiger partial charge in [-0.1, -0.05) is 22.0 Å². The van der Waals surface area contributed by atoms with Crippen LogP contribution in [0.4, 0.5) is 8.78 Å². The molecule has 0 saturated heterocycles. The van der Waals surface area contributed by atoms with E-state index in [-0.39, 0.29) is 10.0 Å². The monoisotopic (exact) mass is 389 g/mol. The van der Waals surface area contributed by atoms with Crippen molar-refractivity contribution >= 4 is 31.9 Å². The first-order chi connectivity index (χ1) is 8.90. The zero-order valence-corrected chi connectivity index (χ0v) is 13.2. The van der Waals surface area contributed by atoms with E-state index < -0.39 is 17.7 Å². The maximum absolute atomic E-state index is 14.0. The summed E-state index contributed by atoms with van der Waals surface area (Å²) in [5.41, 5.74) is 7.49. The van der Waals surface area contributed by atoms with Gasteiger partial charge in [0.1, 0.15) is 11.6 Å². The van der Waals surface area contributed by atoms with E-state index in [0.717, 1.165) is 10.0 Å². The van der Waals surface area contributed by atoms with Crippen molar-refractivity contribution in [3.05, 3.63) is 67.6 Å². The van der Waals surface area contributed by atoms with Crippen molar-refractivity contribution < 1.29 is 8.78 Å². The molecule has 1 unspecified atom stereocenters. The molecular formula is C14H11Br2F2N. The third-order valence-corrected chi connectivity index (χ3v) is 3.88. The summed E-state index contributed by atoms with van der Waals surface area (Å²) in [6, 6.07) is 7.16. The highest BCUT2D eigenvalue weighted by molar-refractivity contribution is 9.10. The van der Waals surface area contributed by atoms with E-state index in [1.807, 2.05) is 19.1 Å². The lowest BCUT2D eigenvalue weighted by atomic mass is 9.97. The fourth-order valence-corrected chi connectivity index (χ4v) is 2.91. The van der Waals surface area contributed by atoms with Crippen LogP contribution in [0.1, 0.15) is 22.7 Å². The lowest BCUT2D eigenvalue weighted by Crippen LogP contribution is -2.16. The third-order valence-electron chi connectivity index (χ3n) is 2.81. The van der Waals surface area contributed by atoms with E-state index in [2.05, 4.69) is 31.9 Å². The highest BCUT2D eigenvalue weighted by atomic mass is 79.9. The van der Waals surface area contributed by atoms with Gasteiger partial charge in [-0.15, -0.1) is 0 Å². The molecule has 19 heavy (non-hydrogen) atoms. The van der Waals surface area contributed by atoms with Crippen LogP contribution in [-0.4, -0.2) is 0 Å². The van der Waals surface area contributed by atoms with Crippen LogP contribution < -0.4 is 5.73 Å². The molecule has 0 spiro atoms. The maximum atomic E-state index is 14.0. The van der Waals surface area contributed by atoms with Crippen LogP contribution in [-0.2, 0) is 0 Å². The van der Waals surface area contributed by atoms with Gasteiger partial charge in [0.15, 0.2) is 0 Å². The van der Waals surface area contributed by atoms with Crippen LogP contribution in [0.3, 0.4) is 0 Å². The molecule has 0 aliphatic rings. The molecule has 0 aliphatic carbocycles. The lowest BCUT2D eigenvalue weighted by Gasteiger charge is -2.16. The molecule has 0 fully saturated rings. The Bertz CT molecular complexity index is 609. The second kappa shape index (κ2) is 5.69. The topological polar surface area (TPSA) is 26.0 Å². The first kappa shape index (κ1) is 14.6. The second-order valence-electron chi connectivity index (χ2n) is 4.30. The first-order valence-corrected chi connectivity index (χ1v) is 7.15. The van der Waals surface area contributed by atoms with Crippen molar-refractivity contribution in [2.24, 2.45) is 5.73 Å². The average Bonchev–Trinajstić information content (AvgIpc) is 2.33. The van der Waals surface area contributed by atoms with E-state index in [1.165, 1.54) is 12.1 Å². The van der Waals surface area contributed by atoms with E-state index in [1.54, 1.807) is 6.07 Å². The van der Waals surface area contributed by atoms with Crippen molar-refractivity contribution in [2.75, 3.05) is 0 Å². The molecule has 2 N–H and O–H groups in total. The van der Waals surface area contributed by atoms with Crippen LogP contribution in [0.25, 0.3) is 0 Å². The first-order valence-electron chi connectivity index (χ1n) is 5.56. The van der Waals surface area contributed by atoms with Gasteiger partial charge >= 0.3 is 0 Å². The van der Waals surface area contributed by atoms with Crippen LogP contribution >= 0.6 is 31.9 Å². The summed E-state index contributed by atoms with van der Waals surface area (Å²) in [4.78, 5) is 0. The van der Waals surface area contributed by atoms with Gasteiger partial charge in [0.25, 0.3) is 0 Å². The Kier molecular flexibility index (Phi) is 4.38. The van der Waals surface area contributed by atoms with Gasteiger partial charge in [0.05, 0.1) is 10.5 Å². The van der Waals surface area contributed by atoms with Gasteiger partial charge < -0.3 is 5.73 Å². The molecule has 2 aromatic rings. The van der Waals surface area contributed by atoms with Gasteiger partial charge in [0.2, 0.25) is 0 Å².